The van der Waals surface area contributed by atoms with Gasteiger partial charge in [-0.3, -0.25) is 4.79 Å². The third-order valence-corrected chi connectivity index (χ3v) is 3.61. The molecule has 5 nitrogen and oxygen atoms in total. The number of hydrogen-bond acceptors (Lipinski definition) is 4. The highest BCUT2D eigenvalue weighted by Crippen LogP contribution is 2.25. The summed E-state index contributed by atoms with van der Waals surface area (Å²) in [6, 6.07) is 7.64. The fraction of sp³-hybridized carbons (Fsp3) is 0.375. The molecule has 1 aliphatic rings. The lowest BCUT2D eigenvalue weighted by atomic mass is 10.1. The number of amides is 1. The molecule has 0 radical (unpaired) electrons. The second-order valence-electron chi connectivity index (χ2n) is 5.38. The molecule has 3 rings (SSSR count). The second-order valence-corrected chi connectivity index (χ2v) is 5.38. The zero-order valence-electron chi connectivity index (χ0n) is 12.0. The first-order chi connectivity index (χ1) is 10.1. The van der Waals surface area contributed by atoms with E-state index in [2.05, 4.69) is 5.32 Å². The molecule has 1 atom stereocenters. The average Bonchev–Trinajstić information content (AvgIpc) is 3.21. The van der Waals surface area contributed by atoms with Crippen molar-refractivity contribution in [3.8, 4) is 0 Å². The molecule has 5 heteroatoms. The molecule has 1 fully saturated rings. The molecular formula is C16H17NO4. The Balaban J connectivity index is 1.74. The first kappa shape index (κ1) is 13.7. The smallest absolute Gasteiger partial charge is 0.375 e. The third kappa shape index (κ3) is 2.77. The van der Waals surface area contributed by atoms with Crippen LogP contribution in [0.25, 0.3) is 11.0 Å². The Morgan fingerprint density at radius 3 is 2.71 bits per heavy atom. The van der Waals surface area contributed by atoms with E-state index in [9.17, 15) is 9.59 Å². The lowest BCUT2D eigenvalue weighted by molar-refractivity contribution is -0.129. The van der Waals surface area contributed by atoms with Crippen molar-refractivity contribution in [2.75, 3.05) is 0 Å². The molecule has 1 amide bonds. The summed E-state index contributed by atoms with van der Waals surface area (Å²) >= 11 is 0. The Labute approximate surface area is 122 Å². The minimum absolute atomic E-state index is 0.155. The van der Waals surface area contributed by atoms with Crippen molar-refractivity contribution >= 4 is 22.8 Å². The number of para-hydroxylation sites is 1. The van der Waals surface area contributed by atoms with E-state index in [1.54, 1.807) is 19.9 Å². The van der Waals surface area contributed by atoms with Gasteiger partial charge in [-0.25, -0.2) is 4.79 Å². The summed E-state index contributed by atoms with van der Waals surface area (Å²) in [6.45, 7) is 3.37. The van der Waals surface area contributed by atoms with Crippen LogP contribution >= 0.6 is 0 Å². The lowest BCUT2D eigenvalue weighted by Crippen LogP contribution is -2.37. The molecule has 1 saturated carbocycles. The van der Waals surface area contributed by atoms with Gasteiger partial charge in [0.1, 0.15) is 5.58 Å². The third-order valence-electron chi connectivity index (χ3n) is 3.61. The zero-order chi connectivity index (χ0) is 15.0. The van der Waals surface area contributed by atoms with E-state index in [1.807, 2.05) is 18.2 Å². The number of aryl methyl sites for hydroxylation is 1. The fourth-order valence-corrected chi connectivity index (χ4v) is 2.18. The molecule has 110 valence electrons. The normalized spacial score (nSPS) is 15.7. The van der Waals surface area contributed by atoms with Gasteiger partial charge >= 0.3 is 5.97 Å². The minimum atomic E-state index is -0.828. The molecule has 1 aromatic heterocycles. The number of esters is 1. The van der Waals surface area contributed by atoms with E-state index in [1.165, 1.54) is 0 Å². The van der Waals surface area contributed by atoms with Crippen molar-refractivity contribution in [3.63, 3.8) is 0 Å². The standard InChI is InChI=1S/C16H17NO4/c1-9-12-5-3-4-6-13(12)21-14(9)16(19)20-10(2)15(18)17-11-7-8-11/h3-6,10-11H,7-8H2,1-2H3,(H,17,18). The van der Waals surface area contributed by atoms with Crippen LogP contribution in [0.15, 0.2) is 28.7 Å². The predicted octanol–water partition coefficient (Wildman–Crippen LogP) is 2.57. The van der Waals surface area contributed by atoms with Crippen molar-refractivity contribution in [1.82, 2.24) is 5.32 Å². The van der Waals surface area contributed by atoms with Crippen LogP contribution in [0.3, 0.4) is 0 Å². The SMILES string of the molecule is Cc1c(C(=O)OC(C)C(=O)NC2CC2)oc2ccccc12. The topological polar surface area (TPSA) is 68.5 Å². The molecule has 21 heavy (non-hydrogen) atoms. The number of rotatable bonds is 4. The van der Waals surface area contributed by atoms with Crippen molar-refractivity contribution in [1.29, 1.82) is 0 Å². The minimum Gasteiger partial charge on any atom is -0.449 e. The van der Waals surface area contributed by atoms with Crippen molar-refractivity contribution in [2.45, 2.75) is 38.8 Å². The molecule has 0 bridgehead atoms. The number of furan rings is 1. The van der Waals surface area contributed by atoms with Gasteiger partial charge in [-0.2, -0.15) is 0 Å². The number of carbonyl (C=O) groups is 2. The van der Waals surface area contributed by atoms with Crippen molar-refractivity contribution in [2.24, 2.45) is 0 Å². The van der Waals surface area contributed by atoms with Gasteiger partial charge in [-0.05, 0) is 32.8 Å². The number of fused-ring (bicyclic) bond motifs is 1. The number of hydrogen-bond donors (Lipinski definition) is 1. The van der Waals surface area contributed by atoms with E-state index in [4.69, 9.17) is 9.15 Å². The molecular weight excluding hydrogens is 270 g/mol. The summed E-state index contributed by atoms with van der Waals surface area (Å²) in [6.07, 6.45) is 1.16. The average molecular weight is 287 g/mol. The summed E-state index contributed by atoms with van der Waals surface area (Å²) < 4.78 is 10.7. The van der Waals surface area contributed by atoms with Gasteiger partial charge in [0.15, 0.2) is 6.10 Å². The Kier molecular flexibility index (Phi) is 3.41. The molecule has 0 spiro atoms. The number of carbonyl (C=O) groups excluding carboxylic acids is 2. The van der Waals surface area contributed by atoms with Gasteiger partial charge in [-0.15, -0.1) is 0 Å². The molecule has 1 aliphatic carbocycles. The van der Waals surface area contributed by atoms with E-state index in [0.29, 0.717) is 5.58 Å². The van der Waals surface area contributed by atoms with Crippen molar-refractivity contribution < 1.29 is 18.7 Å². The Morgan fingerprint density at radius 2 is 2.05 bits per heavy atom. The molecule has 2 aromatic rings. The summed E-state index contributed by atoms with van der Waals surface area (Å²) in [4.78, 5) is 24.0. The van der Waals surface area contributed by atoms with Gasteiger partial charge < -0.3 is 14.5 Å². The second kappa shape index (κ2) is 5.24. The van der Waals surface area contributed by atoms with Gasteiger partial charge in [0.2, 0.25) is 5.76 Å². The Morgan fingerprint density at radius 1 is 1.33 bits per heavy atom. The number of nitrogens with one attached hydrogen (secondary N) is 1. The molecule has 0 aliphatic heterocycles. The van der Waals surface area contributed by atoms with Crippen LogP contribution in [0.4, 0.5) is 0 Å². The highest BCUT2D eigenvalue weighted by molar-refractivity contribution is 5.97. The summed E-state index contributed by atoms with van der Waals surface area (Å²) in [5.74, 6) is -0.718. The fourth-order valence-electron chi connectivity index (χ4n) is 2.18. The van der Waals surface area contributed by atoms with Crippen LogP contribution in [0.1, 0.15) is 35.9 Å². The molecule has 1 N–H and O–H groups in total. The molecule has 1 unspecified atom stereocenters. The predicted molar refractivity (Wildman–Crippen MR) is 77.0 cm³/mol. The van der Waals surface area contributed by atoms with E-state index < -0.39 is 12.1 Å². The maximum atomic E-state index is 12.2. The van der Waals surface area contributed by atoms with Crippen LogP contribution in [-0.2, 0) is 9.53 Å². The highest BCUT2D eigenvalue weighted by Gasteiger charge is 2.28. The largest absolute Gasteiger partial charge is 0.449 e. The first-order valence-electron chi connectivity index (χ1n) is 7.05. The number of benzene rings is 1. The van der Waals surface area contributed by atoms with Crippen LogP contribution in [0.5, 0.6) is 0 Å². The monoisotopic (exact) mass is 287 g/mol. The van der Waals surface area contributed by atoms with E-state index in [-0.39, 0.29) is 17.7 Å². The van der Waals surface area contributed by atoms with Crippen LogP contribution in [0, 0.1) is 6.92 Å². The first-order valence-corrected chi connectivity index (χ1v) is 7.05. The molecule has 1 heterocycles. The van der Waals surface area contributed by atoms with Gasteiger partial charge in [0, 0.05) is 17.0 Å². The maximum Gasteiger partial charge on any atom is 0.375 e. The zero-order valence-corrected chi connectivity index (χ0v) is 12.0. The summed E-state index contributed by atoms with van der Waals surface area (Å²) in [5.41, 5.74) is 1.36. The van der Waals surface area contributed by atoms with Crippen molar-refractivity contribution in [3.05, 3.63) is 35.6 Å². The summed E-state index contributed by atoms with van der Waals surface area (Å²) in [7, 11) is 0. The molecule has 1 aromatic carbocycles. The maximum absolute atomic E-state index is 12.2. The van der Waals surface area contributed by atoms with Gasteiger partial charge in [0.25, 0.3) is 5.91 Å². The Bertz CT molecular complexity index is 699. The lowest BCUT2D eigenvalue weighted by Gasteiger charge is -2.12. The van der Waals surface area contributed by atoms with Crippen LogP contribution < -0.4 is 5.32 Å². The van der Waals surface area contributed by atoms with E-state index in [0.717, 1.165) is 23.8 Å². The van der Waals surface area contributed by atoms with Crippen LogP contribution in [0.2, 0.25) is 0 Å². The number of ether oxygens (including phenoxy) is 1. The Hall–Kier alpha value is -2.30. The summed E-state index contributed by atoms with van der Waals surface area (Å²) in [5, 5.41) is 3.68. The highest BCUT2D eigenvalue weighted by atomic mass is 16.6. The van der Waals surface area contributed by atoms with Gasteiger partial charge in [0.05, 0.1) is 0 Å². The van der Waals surface area contributed by atoms with Crippen LogP contribution in [-0.4, -0.2) is 24.0 Å². The quantitative estimate of drug-likeness (QED) is 0.877. The van der Waals surface area contributed by atoms with Gasteiger partial charge in [-0.1, -0.05) is 18.2 Å². The molecule has 0 saturated heterocycles. The van der Waals surface area contributed by atoms with E-state index >= 15 is 0 Å².